The first-order chi connectivity index (χ1) is 7.81. The SMILES string of the molecule is N#CCc1cnc(Cl)c(-c2cccnc2)c1. The second kappa shape index (κ2) is 4.73. The Balaban J connectivity index is 2.48. The summed E-state index contributed by atoms with van der Waals surface area (Å²) in [6, 6.07) is 7.70. The average Bonchev–Trinajstić information content (AvgIpc) is 2.33. The maximum atomic E-state index is 8.63. The number of pyridine rings is 2. The van der Waals surface area contributed by atoms with Gasteiger partial charge in [0.15, 0.2) is 0 Å². The van der Waals surface area contributed by atoms with Gasteiger partial charge in [-0.1, -0.05) is 17.7 Å². The van der Waals surface area contributed by atoms with E-state index in [-0.39, 0.29) is 0 Å². The molecule has 0 fully saturated rings. The standard InChI is InChI=1S/C12H8ClN3/c13-12-11(10-2-1-5-15-8-10)6-9(3-4-14)7-16-12/h1-2,5-8H,3H2. The summed E-state index contributed by atoms with van der Waals surface area (Å²) in [5, 5.41) is 9.05. The molecule has 0 amide bonds. The monoisotopic (exact) mass is 229 g/mol. The number of rotatable bonds is 2. The van der Waals surface area contributed by atoms with Gasteiger partial charge in [0.1, 0.15) is 5.15 Å². The number of hydrogen-bond donors (Lipinski definition) is 0. The summed E-state index contributed by atoms with van der Waals surface area (Å²) in [6.45, 7) is 0. The zero-order chi connectivity index (χ0) is 11.4. The molecule has 3 nitrogen and oxygen atoms in total. The number of nitrogens with zero attached hydrogens (tertiary/aromatic N) is 3. The zero-order valence-corrected chi connectivity index (χ0v) is 9.15. The highest BCUT2D eigenvalue weighted by molar-refractivity contribution is 6.32. The lowest BCUT2D eigenvalue weighted by atomic mass is 10.1. The van der Waals surface area contributed by atoms with E-state index in [0.29, 0.717) is 11.6 Å². The van der Waals surface area contributed by atoms with Crippen molar-refractivity contribution < 1.29 is 0 Å². The van der Waals surface area contributed by atoms with Crippen molar-refractivity contribution in [1.82, 2.24) is 9.97 Å². The first-order valence-corrected chi connectivity index (χ1v) is 5.11. The summed E-state index contributed by atoms with van der Waals surface area (Å²) in [4.78, 5) is 8.09. The molecule has 2 aromatic rings. The zero-order valence-electron chi connectivity index (χ0n) is 8.39. The van der Waals surface area contributed by atoms with Gasteiger partial charge in [-0.05, 0) is 17.7 Å². The Morgan fingerprint density at radius 1 is 1.38 bits per heavy atom. The van der Waals surface area contributed by atoms with Crippen molar-refractivity contribution in [1.29, 1.82) is 5.26 Å². The van der Waals surface area contributed by atoms with Gasteiger partial charge in [0.2, 0.25) is 0 Å². The van der Waals surface area contributed by atoms with Crippen LogP contribution in [0.25, 0.3) is 11.1 Å². The van der Waals surface area contributed by atoms with Crippen molar-refractivity contribution in [2.75, 3.05) is 0 Å². The lowest BCUT2D eigenvalue weighted by molar-refractivity contribution is 1.19. The summed E-state index contributed by atoms with van der Waals surface area (Å²) in [7, 11) is 0. The summed E-state index contributed by atoms with van der Waals surface area (Å²) in [5.41, 5.74) is 2.56. The van der Waals surface area contributed by atoms with E-state index in [1.807, 2.05) is 18.2 Å². The molecule has 0 atom stereocenters. The van der Waals surface area contributed by atoms with E-state index in [4.69, 9.17) is 16.9 Å². The number of hydrogen-bond acceptors (Lipinski definition) is 3. The first-order valence-electron chi connectivity index (χ1n) is 4.73. The van der Waals surface area contributed by atoms with Crippen LogP contribution in [0.3, 0.4) is 0 Å². The molecule has 0 unspecified atom stereocenters. The predicted molar refractivity (Wildman–Crippen MR) is 61.8 cm³/mol. The molecule has 0 spiro atoms. The summed E-state index contributed by atoms with van der Waals surface area (Å²) in [5.74, 6) is 0. The minimum atomic E-state index is 0.331. The molecule has 0 bridgehead atoms. The lowest BCUT2D eigenvalue weighted by Gasteiger charge is -2.04. The number of halogens is 1. The molecule has 2 rings (SSSR count). The van der Waals surface area contributed by atoms with Crippen LogP contribution in [0, 0.1) is 11.3 Å². The molecule has 4 heteroatoms. The third-order valence-electron chi connectivity index (χ3n) is 2.15. The molecular weight excluding hydrogens is 222 g/mol. The highest BCUT2D eigenvalue weighted by Gasteiger charge is 2.05. The van der Waals surface area contributed by atoms with Gasteiger partial charge >= 0.3 is 0 Å². The highest BCUT2D eigenvalue weighted by atomic mass is 35.5. The quantitative estimate of drug-likeness (QED) is 0.744. The number of nitriles is 1. The van der Waals surface area contributed by atoms with E-state index in [2.05, 4.69) is 16.0 Å². The maximum absolute atomic E-state index is 8.63. The Bertz CT molecular complexity index is 532. The van der Waals surface area contributed by atoms with Gasteiger partial charge in [-0.25, -0.2) is 4.98 Å². The van der Waals surface area contributed by atoms with E-state index in [9.17, 15) is 0 Å². The molecule has 0 aliphatic carbocycles. The Morgan fingerprint density at radius 3 is 2.94 bits per heavy atom. The summed E-state index contributed by atoms with van der Waals surface area (Å²) in [6.07, 6.45) is 5.37. The van der Waals surface area contributed by atoms with E-state index in [1.54, 1.807) is 18.6 Å². The molecule has 0 aliphatic rings. The van der Waals surface area contributed by atoms with Gasteiger partial charge in [-0.15, -0.1) is 0 Å². The number of aromatic nitrogens is 2. The van der Waals surface area contributed by atoms with Crippen LogP contribution in [0.5, 0.6) is 0 Å². The topological polar surface area (TPSA) is 49.6 Å². The van der Waals surface area contributed by atoms with Crippen molar-refractivity contribution in [3.63, 3.8) is 0 Å². The minimum absolute atomic E-state index is 0.331. The molecule has 0 saturated carbocycles. The maximum Gasteiger partial charge on any atom is 0.136 e. The summed E-state index contributed by atoms with van der Waals surface area (Å²) >= 11 is 6.01. The molecule has 16 heavy (non-hydrogen) atoms. The van der Waals surface area contributed by atoms with Gasteiger partial charge < -0.3 is 0 Å². The third-order valence-corrected chi connectivity index (χ3v) is 2.45. The van der Waals surface area contributed by atoms with Crippen LogP contribution < -0.4 is 0 Å². The van der Waals surface area contributed by atoms with Crippen LogP contribution in [-0.2, 0) is 6.42 Å². The Labute approximate surface area is 98.4 Å². The molecular formula is C12H8ClN3. The van der Waals surface area contributed by atoms with Gasteiger partial charge in [0, 0.05) is 29.7 Å². The van der Waals surface area contributed by atoms with Crippen LogP contribution in [0.15, 0.2) is 36.8 Å². The Hall–Kier alpha value is -1.92. The Morgan fingerprint density at radius 2 is 2.25 bits per heavy atom. The van der Waals surface area contributed by atoms with Crippen molar-refractivity contribution >= 4 is 11.6 Å². The fourth-order valence-electron chi connectivity index (χ4n) is 1.40. The lowest BCUT2D eigenvalue weighted by Crippen LogP contribution is -1.89. The molecule has 2 heterocycles. The fraction of sp³-hybridized carbons (Fsp3) is 0.0833. The fourth-order valence-corrected chi connectivity index (χ4v) is 1.62. The predicted octanol–water partition coefficient (Wildman–Crippen LogP) is 2.86. The second-order valence-corrected chi connectivity index (χ2v) is 3.62. The van der Waals surface area contributed by atoms with Gasteiger partial charge in [0.05, 0.1) is 12.5 Å². The molecule has 2 aromatic heterocycles. The highest BCUT2D eigenvalue weighted by Crippen LogP contribution is 2.26. The first kappa shape index (κ1) is 10.6. The van der Waals surface area contributed by atoms with Gasteiger partial charge in [-0.2, -0.15) is 5.26 Å². The molecule has 0 aromatic carbocycles. The van der Waals surface area contributed by atoms with Crippen LogP contribution in [-0.4, -0.2) is 9.97 Å². The van der Waals surface area contributed by atoms with Gasteiger partial charge in [0.25, 0.3) is 0 Å². The van der Waals surface area contributed by atoms with Crippen LogP contribution >= 0.6 is 11.6 Å². The average molecular weight is 230 g/mol. The van der Waals surface area contributed by atoms with Crippen LogP contribution in [0.2, 0.25) is 5.15 Å². The molecule has 0 aliphatic heterocycles. The summed E-state index contributed by atoms with van der Waals surface area (Å²) < 4.78 is 0. The minimum Gasteiger partial charge on any atom is -0.264 e. The second-order valence-electron chi connectivity index (χ2n) is 3.26. The van der Waals surface area contributed by atoms with E-state index in [0.717, 1.165) is 16.7 Å². The smallest absolute Gasteiger partial charge is 0.136 e. The van der Waals surface area contributed by atoms with Crippen molar-refractivity contribution in [3.8, 4) is 17.2 Å². The normalized spacial score (nSPS) is 9.75. The van der Waals surface area contributed by atoms with Crippen molar-refractivity contribution in [3.05, 3.63) is 47.5 Å². The van der Waals surface area contributed by atoms with Gasteiger partial charge in [-0.3, -0.25) is 4.98 Å². The molecule has 0 N–H and O–H groups in total. The Kier molecular flexibility index (Phi) is 3.13. The molecule has 78 valence electrons. The molecule has 0 radical (unpaired) electrons. The van der Waals surface area contributed by atoms with Crippen LogP contribution in [0.1, 0.15) is 5.56 Å². The van der Waals surface area contributed by atoms with E-state index < -0.39 is 0 Å². The van der Waals surface area contributed by atoms with Crippen molar-refractivity contribution in [2.45, 2.75) is 6.42 Å². The third kappa shape index (κ3) is 2.18. The van der Waals surface area contributed by atoms with E-state index >= 15 is 0 Å². The largest absolute Gasteiger partial charge is 0.264 e. The van der Waals surface area contributed by atoms with Crippen LogP contribution in [0.4, 0.5) is 0 Å². The van der Waals surface area contributed by atoms with Crippen molar-refractivity contribution in [2.24, 2.45) is 0 Å². The van der Waals surface area contributed by atoms with E-state index in [1.165, 1.54) is 0 Å². The molecule has 0 saturated heterocycles.